The molecule has 0 saturated carbocycles. The average Bonchev–Trinajstić information content (AvgIpc) is 2.90. The van der Waals surface area contributed by atoms with Crippen LogP contribution >= 0.6 is 0 Å². The largest absolute Gasteiger partial charge is 0.491 e. The van der Waals surface area contributed by atoms with Crippen molar-refractivity contribution in [2.45, 2.75) is 45.3 Å². The summed E-state index contributed by atoms with van der Waals surface area (Å²) in [6.45, 7) is 9.70. The fourth-order valence-corrected chi connectivity index (χ4v) is 3.51. The second-order valence-corrected chi connectivity index (χ2v) is 8.13. The fourth-order valence-electron chi connectivity index (χ4n) is 3.51. The number of unbranched alkanes of at least 4 members (excludes halogenated alkanes) is 1. The number of nitrogens with one attached hydrogen (secondary N) is 3. The summed E-state index contributed by atoms with van der Waals surface area (Å²) in [5, 5.41) is 8.89. The lowest BCUT2D eigenvalue weighted by molar-refractivity contribution is 0.0796. The standard InChI is InChI=1S/C27H43N3O6/c1-7-10-11-23(28-4)19-30-26(31)22-16-21(17-24(18-22)35-15-14-33-5)25(20(8-2)9-3)36-13-12-29-27(32)34-6/h8-9,16-18,23,25,28H,2,7,10-15,19H2,1,3-6H3,(H,29,32)(H,30,31). The number of rotatable bonds is 18. The van der Waals surface area contributed by atoms with Crippen LogP contribution in [-0.4, -0.2) is 72.2 Å². The first-order valence-electron chi connectivity index (χ1n) is 12.4. The van der Waals surface area contributed by atoms with E-state index in [0.717, 1.165) is 30.4 Å². The van der Waals surface area contributed by atoms with Crippen LogP contribution in [0, 0.1) is 0 Å². The molecule has 0 aliphatic heterocycles. The number of methoxy groups -OCH3 is 2. The van der Waals surface area contributed by atoms with Gasteiger partial charge >= 0.3 is 6.09 Å². The summed E-state index contributed by atoms with van der Waals surface area (Å²) in [6, 6.07) is 5.55. The molecule has 0 aromatic heterocycles. The van der Waals surface area contributed by atoms with Crippen molar-refractivity contribution in [3.05, 3.63) is 53.6 Å². The number of amides is 2. The molecule has 0 heterocycles. The Kier molecular flexibility index (Phi) is 15.9. The van der Waals surface area contributed by atoms with E-state index in [1.807, 2.05) is 26.1 Å². The molecule has 2 atom stereocenters. The molecule has 1 aromatic carbocycles. The lowest BCUT2D eigenvalue weighted by atomic mass is 9.98. The number of hydrogen-bond donors (Lipinski definition) is 3. The van der Waals surface area contributed by atoms with Crippen LogP contribution in [0.1, 0.15) is 55.1 Å². The Balaban J connectivity index is 3.18. The van der Waals surface area contributed by atoms with Gasteiger partial charge in [-0.15, -0.1) is 0 Å². The zero-order valence-electron chi connectivity index (χ0n) is 22.4. The molecule has 2 unspecified atom stereocenters. The molecule has 0 bridgehead atoms. The van der Waals surface area contributed by atoms with E-state index in [1.54, 1.807) is 25.3 Å². The molecule has 1 rings (SSSR count). The average molecular weight is 506 g/mol. The fraction of sp³-hybridized carbons (Fsp3) is 0.556. The van der Waals surface area contributed by atoms with Crippen molar-refractivity contribution < 1.29 is 28.5 Å². The quantitative estimate of drug-likeness (QED) is 0.206. The molecule has 0 fully saturated rings. The molecule has 0 aliphatic rings. The van der Waals surface area contributed by atoms with Gasteiger partial charge in [-0.3, -0.25) is 4.79 Å². The van der Waals surface area contributed by atoms with Crippen LogP contribution in [0.3, 0.4) is 0 Å². The van der Waals surface area contributed by atoms with Crippen molar-refractivity contribution in [2.75, 3.05) is 54.2 Å². The van der Waals surface area contributed by atoms with E-state index >= 15 is 0 Å². The highest BCUT2D eigenvalue weighted by molar-refractivity contribution is 5.94. The number of ether oxygens (including phenoxy) is 4. The Hall–Kier alpha value is -2.88. The summed E-state index contributed by atoms with van der Waals surface area (Å²) >= 11 is 0. The highest BCUT2D eigenvalue weighted by Crippen LogP contribution is 2.30. The summed E-state index contributed by atoms with van der Waals surface area (Å²) in [7, 11) is 4.81. The molecule has 9 nitrogen and oxygen atoms in total. The number of likely N-dealkylation sites (N-methyl/N-ethyl adjacent to an activating group) is 1. The zero-order chi connectivity index (χ0) is 26.8. The minimum atomic E-state index is -0.531. The SMILES string of the molecule is C=CC(=CC)C(OCCNC(=O)OC)c1cc(OCCOC)cc(C(=O)NCC(CCCC)NC)c1. The van der Waals surface area contributed by atoms with Gasteiger partial charge in [0.1, 0.15) is 18.5 Å². The van der Waals surface area contributed by atoms with Crippen molar-refractivity contribution in [1.29, 1.82) is 0 Å². The lowest BCUT2D eigenvalue weighted by Crippen LogP contribution is -2.39. The summed E-state index contributed by atoms with van der Waals surface area (Å²) in [5.74, 6) is 0.337. The Morgan fingerprint density at radius 1 is 1.11 bits per heavy atom. The number of carbonyl (C=O) groups is 2. The Morgan fingerprint density at radius 2 is 1.89 bits per heavy atom. The third-order valence-electron chi connectivity index (χ3n) is 5.59. The van der Waals surface area contributed by atoms with E-state index < -0.39 is 12.2 Å². The van der Waals surface area contributed by atoms with Gasteiger partial charge < -0.3 is 34.9 Å². The van der Waals surface area contributed by atoms with Crippen molar-refractivity contribution in [1.82, 2.24) is 16.0 Å². The maximum Gasteiger partial charge on any atom is 0.406 e. The molecular weight excluding hydrogens is 462 g/mol. The van der Waals surface area contributed by atoms with Gasteiger partial charge in [-0.05, 0) is 49.7 Å². The van der Waals surface area contributed by atoms with Gasteiger partial charge in [-0.25, -0.2) is 4.79 Å². The van der Waals surface area contributed by atoms with E-state index in [1.165, 1.54) is 7.11 Å². The second-order valence-electron chi connectivity index (χ2n) is 8.13. The maximum atomic E-state index is 13.1. The molecule has 9 heteroatoms. The monoisotopic (exact) mass is 505 g/mol. The molecule has 2 amide bonds. The molecule has 202 valence electrons. The first kappa shape index (κ1) is 31.2. The van der Waals surface area contributed by atoms with E-state index in [2.05, 4.69) is 34.2 Å². The molecule has 36 heavy (non-hydrogen) atoms. The summed E-state index contributed by atoms with van der Waals surface area (Å²) in [4.78, 5) is 24.5. The summed E-state index contributed by atoms with van der Waals surface area (Å²) < 4.78 is 21.7. The van der Waals surface area contributed by atoms with Crippen LogP contribution < -0.4 is 20.7 Å². The predicted octanol–water partition coefficient (Wildman–Crippen LogP) is 3.77. The number of hydrogen-bond acceptors (Lipinski definition) is 7. The number of carbonyl (C=O) groups excluding carboxylic acids is 2. The second kappa shape index (κ2) is 18.4. The van der Waals surface area contributed by atoms with Gasteiger partial charge in [-0.1, -0.05) is 38.5 Å². The minimum absolute atomic E-state index is 0.197. The summed E-state index contributed by atoms with van der Waals surface area (Å²) in [6.07, 6.45) is 5.74. The van der Waals surface area contributed by atoms with Crippen LogP contribution in [0.4, 0.5) is 4.79 Å². The lowest BCUT2D eigenvalue weighted by Gasteiger charge is -2.22. The molecule has 0 spiro atoms. The van der Waals surface area contributed by atoms with Gasteiger partial charge in [0.05, 0.1) is 20.3 Å². The molecule has 0 aliphatic carbocycles. The van der Waals surface area contributed by atoms with E-state index in [9.17, 15) is 9.59 Å². The van der Waals surface area contributed by atoms with Crippen molar-refractivity contribution in [3.8, 4) is 5.75 Å². The number of alkyl carbamates (subject to hydrolysis) is 1. The Labute approximate surface area is 215 Å². The van der Waals surface area contributed by atoms with Crippen molar-refractivity contribution in [2.24, 2.45) is 0 Å². The smallest absolute Gasteiger partial charge is 0.406 e. The van der Waals surface area contributed by atoms with E-state index in [4.69, 9.17) is 14.2 Å². The Morgan fingerprint density at radius 3 is 2.50 bits per heavy atom. The molecule has 1 aromatic rings. The first-order valence-corrected chi connectivity index (χ1v) is 12.4. The molecule has 3 N–H and O–H groups in total. The highest BCUT2D eigenvalue weighted by Gasteiger charge is 2.20. The summed E-state index contributed by atoms with van der Waals surface area (Å²) in [5.41, 5.74) is 2.02. The van der Waals surface area contributed by atoms with Gasteiger partial charge in [-0.2, -0.15) is 0 Å². The van der Waals surface area contributed by atoms with Crippen LogP contribution in [0.2, 0.25) is 0 Å². The third kappa shape index (κ3) is 11.2. The zero-order valence-corrected chi connectivity index (χ0v) is 22.4. The van der Waals surface area contributed by atoms with Gasteiger partial charge in [0.15, 0.2) is 0 Å². The molecule has 0 saturated heterocycles. The van der Waals surface area contributed by atoms with E-state index in [-0.39, 0.29) is 25.1 Å². The van der Waals surface area contributed by atoms with Gasteiger partial charge in [0, 0.05) is 31.8 Å². The number of allylic oxidation sites excluding steroid dienone is 1. The van der Waals surface area contributed by atoms with Crippen molar-refractivity contribution >= 4 is 12.0 Å². The van der Waals surface area contributed by atoms with Gasteiger partial charge in [0.25, 0.3) is 5.91 Å². The van der Waals surface area contributed by atoms with Crippen LogP contribution in [0.5, 0.6) is 5.75 Å². The van der Waals surface area contributed by atoms with Gasteiger partial charge in [0.2, 0.25) is 0 Å². The minimum Gasteiger partial charge on any atom is -0.491 e. The molecule has 0 radical (unpaired) electrons. The normalized spacial score (nSPS) is 13.0. The van der Waals surface area contributed by atoms with Crippen LogP contribution in [0.25, 0.3) is 0 Å². The topological polar surface area (TPSA) is 107 Å². The molecular formula is C27H43N3O6. The number of benzene rings is 1. The van der Waals surface area contributed by atoms with Crippen molar-refractivity contribution in [3.63, 3.8) is 0 Å². The highest BCUT2D eigenvalue weighted by atomic mass is 16.5. The first-order chi connectivity index (χ1) is 17.4. The van der Waals surface area contributed by atoms with E-state index in [0.29, 0.717) is 31.1 Å². The van der Waals surface area contributed by atoms with Crippen LogP contribution in [-0.2, 0) is 14.2 Å². The Bertz CT molecular complexity index is 843. The predicted molar refractivity (Wildman–Crippen MR) is 142 cm³/mol. The third-order valence-corrected chi connectivity index (χ3v) is 5.59. The van der Waals surface area contributed by atoms with Crippen LogP contribution in [0.15, 0.2) is 42.5 Å². The maximum absolute atomic E-state index is 13.1.